The predicted octanol–water partition coefficient (Wildman–Crippen LogP) is 4.32. The molecule has 0 bridgehead atoms. The molecular weight excluding hydrogens is 404 g/mol. The number of nitrogens with one attached hydrogen (secondary N) is 1. The molecule has 1 aromatic carbocycles. The predicted molar refractivity (Wildman–Crippen MR) is 125 cm³/mol. The molecule has 1 saturated carbocycles. The number of ether oxygens (including phenoxy) is 3. The Labute approximate surface area is 192 Å². The number of amides is 1. The van der Waals surface area contributed by atoms with Crippen LogP contribution in [0.5, 0.6) is 17.2 Å². The van der Waals surface area contributed by atoms with Crippen molar-refractivity contribution >= 4 is 5.91 Å². The van der Waals surface area contributed by atoms with E-state index in [1.165, 1.54) is 31.3 Å². The van der Waals surface area contributed by atoms with Gasteiger partial charge in [-0.1, -0.05) is 11.6 Å². The first-order chi connectivity index (χ1) is 15.6. The summed E-state index contributed by atoms with van der Waals surface area (Å²) in [7, 11) is 4.92. The molecule has 1 unspecified atom stereocenters. The van der Waals surface area contributed by atoms with Gasteiger partial charge in [-0.15, -0.1) is 0 Å². The van der Waals surface area contributed by atoms with Gasteiger partial charge in [0.15, 0.2) is 11.5 Å². The Bertz CT molecular complexity index is 817. The standard InChI is InChI=1S/C26H38N2O4/c1-30-22-15-20(16-23(31-2)24(22)32-3)18-28-13-10-26(11-14-28)17-21(26)25(29)27-12-9-19-7-5-4-6-8-19/h7,15-16,21H,4-6,8-14,17-18H2,1-3H3,(H,27,29). The van der Waals surface area contributed by atoms with E-state index in [0.717, 1.165) is 57.4 Å². The van der Waals surface area contributed by atoms with Gasteiger partial charge in [-0.2, -0.15) is 0 Å². The minimum absolute atomic E-state index is 0.214. The SMILES string of the molecule is COc1cc(CN2CCC3(CC2)CC3C(=O)NCCC2=CCCCC2)cc(OC)c1OC. The number of methoxy groups -OCH3 is 3. The smallest absolute Gasteiger partial charge is 0.223 e. The number of carbonyl (C=O) groups is 1. The first kappa shape index (κ1) is 23.0. The molecule has 4 rings (SSSR count). The van der Waals surface area contributed by atoms with E-state index >= 15 is 0 Å². The Morgan fingerprint density at radius 1 is 1.09 bits per heavy atom. The van der Waals surface area contributed by atoms with Crippen molar-refractivity contribution in [2.24, 2.45) is 11.3 Å². The Morgan fingerprint density at radius 3 is 2.41 bits per heavy atom. The third kappa shape index (κ3) is 5.06. The number of hydrogen-bond donors (Lipinski definition) is 1. The quantitative estimate of drug-likeness (QED) is 0.577. The van der Waals surface area contributed by atoms with Gasteiger partial charge < -0.3 is 19.5 Å². The molecule has 1 saturated heterocycles. The normalized spacial score (nSPS) is 22.2. The van der Waals surface area contributed by atoms with E-state index in [4.69, 9.17) is 14.2 Å². The molecule has 1 heterocycles. The molecule has 176 valence electrons. The van der Waals surface area contributed by atoms with Gasteiger partial charge in [-0.25, -0.2) is 0 Å². The highest BCUT2D eigenvalue weighted by Gasteiger charge is 2.58. The lowest BCUT2D eigenvalue weighted by Crippen LogP contribution is -2.37. The van der Waals surface area contributed by atoms with Crippen molar-refractivity contribution in [3.8, 4) is 17.2 Å². The lowest BCUT2D eigenvalue weighted by Gasteiger charge is -2.33. The van der Waals surface area contributed by atoms with E-state index in [0.29, 0.717) is 17.2 Å². The van der Waals surface area contributed by atoms with Crippen molar-refractivity contribution in [1.82, 2.24) is 10.2 Å². The van der Waals surface area contributed by atoms with Crippen LogP contribution >= 0.6 is 0 Å². The maximum Gasteiger partial charge on any atom is 0.223 e. The average Bonchev–Trinajstić information content (AvgIpc) is 3.54. The number of hydrogen-bond acceptors (Lipinski definition) is 5. The second-order valence-corrected chi connectivity index (χ2v) is 9.58. The van der Waals surface area contributed by atoms with Gasteiger partial charge in [-0.3, -0.25) is 9.69 Å². The Hall–Kier alpha value is -2.21. The maximum absolute atomic E-state index is 12.7. The summed E-state index contributed by atoms with van der Waals surface area (Å²) in [5.74, 6) is 2.50. The second kappa shape index (κ2) is 10.2. The lowest BCUT2D eigenvalue weighted by molar-refractivity contribution is -0.123. The number of piperidine rings is 1. The highest BCUT2D eigenvalue weighted by molar-refractivity contribution is 5.82. The molecular formula is C26H38N2O4. The third-order valence-electron chi connectivity index (χ3n) is 7.62. The van der Waals surface area contributed by atoms with Crippen LogP contribution in [0.3, 0.4) is 0 Å². The molecule has 2 fully saturated rings. The van der Waals surface area contributed by atoms with Gasteiger partial charge in [0.1, 0.15) is 0 Å². The zero-order valence-electron chi connectivity index (χ0n) is 19.9. The fourth-order valence-corrected chi connectivity index (χ4v) is 5.51. The van der Waals surface area contributed by atoms with E-state index < -0.39 is 0 Å². The monoisotopic (exact) mass is 442 g/mol. The van der Waals surface area contributed by atoms with Crippen LogP contribution in [0.1, 0.15) is 56.9 Å². The number of allylic oxidation sites excluding steroid dienone is 1. The molecule has 3 aliphatic rings. The molecule has 1 spiro atoms. The van der Waals surface area contributed by atoms with Crippen molar-refractivity contribution in [3.05, 3.63) is 29.3 Å². The van der Waals surface area contributed by atoms with Crippen molar-refractivity contribution in [2.45, 2.75) is 57.9 Å². The van der Waals surface area contributed by atoms with Crippen LogP contribution in [0.15, 0.2) is 23.8 Å². The summed E-state index contributed by atoms with van der Waals surface area (Å²) < 4.78 is 16.4. The van der Waals surface area contributed by atoms with Crippen LogP contribution in [0, 0.1) is 11.3 Å². The first-order valence-electron chi connectivity index (χ1n) is 12.1. The highest BCUT2D eigenvalue weighted by atomic mass is 16.5. The van der Waals surface area contributed by atoms with Gasteiger partial charge in [-0.05, 0) is 87.6 Å². The maximum atomic E-state index is 12.7. The molecule has 0 radical (unpaired) electrons. The highest BCUT2D eigenvalue weighted by Crippen LogP contribution is 2.59. The number of likely N-dealkylation sites (tertiary alicyclic amines) is 1. The zero-order chi connectivity index (χ0) is 22.6. The lowest BCUT2D eigenvalue weighted by atomic mass is 9.90. The number of benzene rings is 1. The molecule has 2 aliphatic carbocycles. The van der Waals surface area contributed by atoms with E-state index in [1.807, 2.05) is 12.1 Å². The third-order valence-corrected chi connectivity index (χ3v) is 7.62. The summed E-state index contributed by atoms with van der Waals surface area (Å²) in [5, 5.41) is 3.22. The van der Waals surface area contributed by atoms with Gasteiger partial charge in [0, 0.05) is 19.0 Å². The Balaban J connectivity index is 1.25. The summed E-state index contributed by atoms with van der Waals surface area (Å²) in [4.78, 5) is 15.2. The molecule has 1 N–H and O–H groups in total. The second-order valence-electron chi connectivity index (χ2n) is 9.58. The van der Waals surface area contributed by atoms with E-state index in [-0.39, 0.29) is 17.2 Å². The molecule has 1 aromatic rings. The summed E-state index contributed by atoms with van der Waals surface area (Å²) in [6.45, 7) is 3.68. The van der Waals surface area contributed by atoms with E-state index in [9.17, 15) is 4.79 Å². The first-order valence-corrected chi connectivity index (χ1v) is 12.1. The van der Waals surface area contributed by atoms with Gasteiger partial charge in [0.2, 0.25) is 11.7 Å². The average molecular weight is 443 g/mol. The molecule has 1 aliphatic heterocycles. The van der Waals surface area contributed by atoms with Crippen molar-refractivity contribution in [3.63, 3.8) is 0 Å². The molecule has 6 heteroatoms. The topological polar surface area (TPSA) is 60.0 Å². The number of rotatable bonds is 9. The summed E-state index contributed by atoms with van der Waals surface area (Å²) in [6.07, 6.45) is 11.7. The van der Waals surface area contributed by atoms with Crippen molar-refractivity contribution < 1.29 is 19.0 Å². The van der Waals surface area contributed by atoms with Gasteiger partial charge in [0.05, 0.1) is 21.3 Å². The van der Waals surface area contributed by atoms with E-state index in [1.54, 1.807) is 21.3 Å². The summed E-state index contributed by atoms with van der Waals surface area (Å²) in [5.41, 5.74) is 2.92. The van der Waals surface area contributed by atoms with Crippen LogP contribution in [0.2, 0.25) is 0 Å². The number of carbonyl (C=O) groups excluding carboxylic acids is 1. The zero-order valence-corrected chi connectivity index (χ0v) is 19.9. The minimum Gasteiger partial charge on any atom is -0.493 e. The van der Waals surface area contributed by atoms with Crippen LogP contribution in [-0.2, 0) is 11.3 Å². The van der Waals surface area contributed by atoms with Crippen LogP contribution in [-0.4, -0.2) is 51.8 Å². The molecule has 1 atom stereocenters. The van der Waals surface area contributed by atoms with Crippen LogP contribution in [0.4, 0.5) is 0 Å². The fraction of sp³-hybridized carbons (Fsp3) is 0.654. The van der Waals surface area contributed by atoms with Crippen LogP contribution < -0.4 is 19.5 Å². The van der Waals surface area contributed by atoms with E-state index in [2.05, 4.69) is 16.3 Å². The van der Waals surface area contributed by atoms with Crippen molar-refractivity contribution in [2.75, 3.05) is 41.0 Å². The van der Waals surface area contributed by atoms with Gasteiger partial charge in [0.25, 0.3) is 0 Å². The van der Waals surface area contributed by atoms with Crippen LogP contribution in [0.25, 0.3) is 0 Å². The largest absolute Gasteiger partial charge is 0.493 e. The van der Waals surface area contributed by atoms with Gasteiger partial charge >= 0.3 is 0 Å². The molecule has 0 aromatic heterocycles. The Morgan fingerprint density at radius 2 is 1.81 bits per heavy atom. The summed E-state index contributed by atoms with van der Waals surface area (Å²) in [6, 6.07) is 4.06. The fourth-order valence-electron chi connectivity index (χ4n) is 5.51. The minimum atomic E-state index is 0.214. The molecule has 32 heavy (non-hydrogen) atoms. The van der Waals surface area contributed by atoms with Crippen molar-refractivity contribution in [1.29, 1.82) is 0 Å². The molecule has 6 nitrogen and oxygen atoms in total. The Kier molecular flexibility index (Phi) is 7.29. The molecule has 1 amide bonds. The summed E-state index contributed by atoms with van der Waals surface area (Å²) >= 11 is 0. The number of nitrogens with zero attached hydrogens (tertiary/aromatic N) is 1.